The Morgan fingerprint density at radius 3 is 2.55 bits per heavy atom. The summed E-state index contributed by atoms with van der Waals surface area (Å²) in [5.74, 6) is -0.0413. The Morgan fingerprint density at radius 1 is 1.27 bits per heavy atom. The van der Waals surface area contributed by atoms with Gasteiger partial charge in [0, 0.05) is 6.54 Å². The third-order valence-electron chi connectivity index (χ3n) is 4.17. The second-order valence-corrected chi connectivity index (χ2v) is 7.56. The molecule has 0 spiro atoms. The predicted octanol–water partition coefficient (Wildman–Crippen LogP) is 2.64. The molecule has 0 aliphatic heterocycles. The van der Waals surface area contributed by atoms with Crippen LogP contribution in [0.15, 0.2) is 23.1 Å². The van der Waals surface area contributed by atoms with Crippen LogP contribution in [-0.2, 0) is 14.8 Å². The number of esters is 1. The van der Waals surface area contributed by atoms with Gasteiger partial charge in [0.1, 0.15) is 0 Å². The van der Waals surface area contributed by atoms with E-state index in [2.05, 4.69) is 9.46 Å². The molecular formula is C16H23NO4S. The van der Waals surface area contributed by atoms with E-state index in [-0.39, 0.29) is 4.90 Å². The third kappa shape index (κ3) is 4.08. The molecule has 5 nitrogen and oxygen atoms in total. The van der Waals surface area contributed by atoms with Crippen molar-refractivity contribution in [1.82, 2.24) is 4.72 Å². The lowest BCUT2D eigenvalue weighted by Crippen LogP contribution is -2.30. The van der Waals surface area contributed by atoms with Crippen molar-refractivity contribution in [3.8, 4) is 0 Å². The Kier molecular flexibility index (Phi) is 5.58. The largest absolute Gasteiger partial charge is 0.465 e. The first-order valence-electron chi connectivity index (χ1n) is 7.62. The quantitative estimate of drug-likeness (QED) is 0.845. The van der Waals surface area contributed by atoms with Crippen LogP contribution in [0.25, 0.3) is 0 Å². The Bertz CT molecular complexity index is 634. The van der Waals surface area contributed by atoms with E-state index in [9.17, 15) is 13.2 Å². The summed E-state index contributed by atoms with van der Waals surface area (Å²) in [5, 5.41) is 0. The second-order valence-electron chi connectivity index (χ2n) is 5.83. The van der Waals surface area contributed by atoms with Gasteiger partial charge in [0.25, 0.3) is 0 Å². The molecule has 0 saturated heterocycles. The minimum atomic E-state index is -3.54. The fraction of sp³-hybridized carbons (Fsp3) is 0.562. The molecule has 0 radical (unpaired) electrons. The minimum absolute atomic E-state index is 0.218. The van der Waals surface area contributed by atoms with Crippen molar-refractivity contribution in [3.63, 3.8) is 0 Å². The molecule has 1 aromatic rings. The SMILES string of the molecule is COC(=O)c1ccc(S(=O)(=O)NCC2CCCCC2)c(C)c1. The van der Waals surface area contributed by atoms with E-state index in [0.717, 1.165) is 12.8 Å². The fourth-order valence-electron chi connectivity index (χ4n) is 2.89. The summed E-state index contributed by atoms with van der Waals surface area (Å²) in [6.07, 6.45) is 5.78. The second kappa shape index (κ2) is 7.24. The molecule has 1 fully saturated rings. The van der Waals surface area contributed by atoms with Gasteiger partial charge in [-0.3, -0.25) is 0 Å². The average molecular weight is 325 g/mol. The number of sulfonamides is 1. The van der Waals surface area contributed by atoms with Crippen LogP contribution < -0.4 is 4.72 Å². The normalized spacial score (nSPS) is 16.5. The van der Waals surface area contributed by atoms with Crippen molar-refractivity contribution in [1.29, 1.82) is 0 Å². The highest BCUT2D eigenvalue weighted by Gasteiger charge is 2.21. The van der Waals surface area contributed by atoms with Crippen molar-refractivity contribution in [2.75, 3.05) is 13.7 Å². The summed E-state index contributed by atoms with van der Waals surface area (Å²) in [6.45, 7) is 2.17. The van der Waals surface area contributed by atoms with Crippen LogP contribution in [0.4, 0.5) is 0 Å². The van der Waals surface area contributed by atoms with Crippen LogP contribution in [0.3, 0.4) is 0 Å². The summed E-state index contributed by atoms with van der Waals surface area (Å²) >= 11 is 0. The lowest BCUT2D eigenvalue weighted by Gasteiger charge is -2.22. The molecule has 0 amide bonds. The summed E-state index contributed by atoms with van der Waals surface area (Å²) in [6, 6.07) is 4.49. The number of ether oxygens (including phenoxy) is 1. The molecule has 1 aliphatic carbocycles. The van der Waals surface area contributed by atoms with E-state index in [4.69, 9.17) is 0 Å². The van der Waals surface area contributed by atoms with Crippen LogP contribution in [0.1, 0.15) is 48.0 Å². The maximum atomic E-state index is 12.4. The van der Waals surface area contributed by atoms with E-state index in [0.29, 0.717) is 23.6 Å². The Morgan fingerprint density at radius 2 is 1.95 bits per heavy atom. The minimum Gasteiger partial charge on any atom is -0.465 e. The lowest BCUT2D eigenvalue weighted by atomic mass is 9.90. The summed E-state index contributed by atoms with van der Waals surface area (Å²) in [4.78, 5) is 11.7. The monoisotopic (exact) mass is 325 g/mol. The van der Waals surface area contributed by atoms with Gasteiger partial charge < -0.3 is 4.74 Å². The number of benzene rings is 1. The van der Waals surface area contributed by atoms with Gasteiger partial charge >= 0.3 is 5.97 Å². The number of nitrogens with one attached hydrogen (secondary N) is 1. The van der Waals surface area contributed by atoms with Crippen molar-refractivity contribution < 1.29 is 17.9 Å². The molecule has 1 N–H and O–H groups in total. The highest BCUT2D eigenvalue weighted by atomic mass is 32.2. The Labute approximate surface area is 132 Å². The molecule has 0 bridgehead atoms. The number of rotatable bonds is 5. The standard InChI is InChI=1S/C16H23NO4S/c1-12-10-14(16(18)21-2)8-9-15(12)22(19,20)17-11-13-6-4-3-5-7-13/h8-10,13,17H,3-7,11H2,1-2H3. The summed E-state index contributed by atoms with van der Waals surface area (Å²) in [5.41, 5.74) is 0.894. The molecule has 122 valence electrons. The Balaban J connectivity index is 2.09. The average Bonchev–Trinajstić information content (AvgIpc) is 2.53. The van der Waals surface area contributed by atoms with Gasteiger partial charge in [0.05, 0.1) is 17.6 Å². The third-order valence-corrected chi connectivity index (χ3v) is 5.76. The molecule has 2 rings (SSSR count). The molecule has 0 aromatic heterocycles. The molecule has 22 heavy (non-hydrogen) atoms. The number of methoxy groups -OCH3 is 1. The van der Waals surface area contributed by atoms with Gasteiger partial charge in [-0.25, -0.2) is 17.9 Å². The zero-order valence-electron chi connectivity index (χ0n) is 13.1. The van der Waals surface area contributed by atoms with Crippen LogP contribution in [0.2, 0.25) is 0 Å². The predicted molar refractivity (Wildman–Crippen MR) is 84.3 cm³/mol. The number of carbonyl (C=O) groups is 1. The van der Waals surface area contributed by atoms with Gasteiger partial charge in [-0.05, 0) is 49.4 Å². The highest BCUT2D eigenvalue weighted by Crippen LogP contribution is 2.24. The molecule has 0 unspecified atom stereocenters. The molecule has 0 atom stereocenters. The Hall–Kier alpha value is -1.40. The topological polar surface area (TPSA) is 72.5 Å². The van der Waals surface area contributed by atoms with Crippen LogP contribution in [0.5, 0.6) is 0 Å². The van der Waals surface area contributed by atoms with Crippen molar-refractivity contribution in [3.05, 3.63) is 29.3 Å². The van der Waals surface area contributed by atoms with Crippen LogP contribution in [-0.4, -0.2) is 28.0 Å². The smallest absolute Gasteiger partial charge is 0.337 e. The molecule has 6 heteroatoms. The zero-order chi connectivity index (χ0) is 16.2. The molecular weight excluding hydrogens is 302 g/mol. The maximum Gasteiger partial charge on any atom is 0.337 e. The van der Waals surface area contributed by atoms with Crippen molar-refractivity contribution in [2.24, 2.45) is 5.92 Å². The van der Waals surface area contributed by atoms with Gasteiger partial charge in [-0.1, -0.05) is 19.3 Å². The first-order valence-corrected chi connectivity index (χ1v) is 9.11. The lowest BCUT2D eigenvalue weighted by molar-refractivity contribution is 0.0600. The van der Waals surface area contributed by atoms with E-state index in [1.54, 1.807) is 13.0 Å². The summed E-state index contributed by atoms with van der Waals surface area (Å²) in [7, 11) is -2.24. The van der Waals surface area contributed by atoms with Gasteiger partial charge in [-0.2, -0.15) is 0 Å². The van der Waals surface area contributed by atoms with Crippen molar-refractivity contribution in [2.45, 2.75) is 43.9 Å². The van der Waals surface area contributed by atoms with Gasteiger partial charge in [0.15, 0.2) is 0 Å². The molecule has 0 heterocycles. The van der Waals surface area contributed by atoms with Gasteiger partial charge in [-0.15, -0.1) is 0 Å². The van der Waals surface area contributed by atoms with Gasteiger partial charge in [0.2, 0.25) is 10.0 Å². The number of aryl methyl sites for hydroxylation is 1. The highest BCUT2D eigenvalue weighted by molar-refractivity contribution is 7.89. The van der Waals surface area contributed by atoms with Crippen LogP contribution >= 0.6 is 0 Å². The first-order chi connectivity index (χ1) is 10.4. The number of carbonyl (C=O) groups excluding carboxylic acids is 1. The summed E-state index contributed by atoms with van der Waals surface area (Å²) < 4.78 is 32.2. The van der Waals surface area contributed by atoms with Crippen molar-refractivity contribution >= 4 is 16.0 Å². The maximum absolute atomic E-state index is 12.4. The molecule has 1 aromatic carbocycles. The van der Waals surface area contributed by atoms with E-state index >= 15 is 0 Å². The number of hydrogen-bond donors (Lipinski definition) is 1. The number of hydrogen-bond acceptors (Lipinski definition) is 4. The van der Waals surface area contributed by atoms with E-state index in [1.807, 2.05) is 0 Å². The van der Waals surface area contributed by atoms with Crippen LogP contribution in [0, 0.1) is 12.8 Å². The zero-order valence-corrected chi connectivity index (χ0v) is 13.9. The molecule has 1 aliphatic rings. The van der Waals surface area contributed by atoms with E-state index < -0.39 is 16.0 Å². The van der Waals surface area contributed by atoms with E-state index in [1.165, 1.54) is 38.5 Å². The first kappa shape index (κ1) is 17.0. The fourth-order valence-corrected chi connectivity index (χ4v) is 4.23. The molecule has 1 saturated carbocycles.